The predicted octanol–water partition coefficient (Wildman–Crippen LogP) is 1.60. The van der Waals surface area contributed by atoms with Gasteiger partial charge in [-0.05, 0) is 23.8 Å². The van der Waals surface area contributed by atoms with E-state index in [1.807, 2.05) is 0 Å². The minimum Gasteiger partial charge on any atom is -0.508 e. The van der Waals surface area contributed by atoms with E-state index in [1.165, 1.54) is 12.1 Å². The molecule has 0 aliphatic carbocycles. The first-order chi connectivity index (χ1) is 11.8. The molecule has 0 heterocycles. The number of hydrogen-bond acceptors (Lipinski definition) is 5. The molecule has 0 radical (unpaired) electrons. The van der Waals surface area contributed by atoms with Gasteiger partial charge in [0.05, 0.1) is 18.4 Å². The fraction of sp³-hybridized carbons (Fsp3) is 0.118. The van der Waals surface area contributed by atoms with Crippen LogP contribution in [-0.2, 0) is 22.4 Å². The third-order valence-electron chi connectivity index (χ3n) is 3.37. The summed E-state index contributed by atoms with van der Waals surface area (Å²) >= 11 is 0. The van der Waals surface area contributed by atoms with Crippen LogP contribution in [0.5, 0.6) is 11.5 Å². The quantitative estimate of drug-likeness (QED) is 0.500. The molecule has 130 valence electrons. The van der Waals surface area contributed by atoms with Crippen molar-refractivity contribution < 1.29 is 34.8 Å². The monoisotopic (exact) mass is 345 g/mol. The fourth-order valence-electron chi connectivity index (χ4n) is 2.30. The van der Waals surface area contributed by atoms with Crippen LogP contribution in [0.2, 0.25) is 0 Å². The summed E-state index contributed by atoms with van der Waals surface area (Å²) in [6.07, 6.45) is -0.886. The van der Waals surface area contributed by atoms with E-state index in [2.05, 4.69) is 5.32 Å². The number of nitrogens with one attached hydrogen (secondary N) is 1. The van der Waals surface area contributed by atoms with Crippen molar-refractivity contribution >= 4 is 23.5 Å². The molecule has 8 nitrogen and oxygen atoms in total. The maximum atomic E-state index is 12.4. The molecule has 0 atom stereocenters. The van der Waals surface area contributed by atoms with Gasteiger partial charge >= 0.3 is 11.9 Å². The number of anilines is 1. The summed E-state index contributed by atoms with van der Waals surface area (Å²) in [7, 11) is 0. The van der Waals surface area contributed by atoms with Crippen LogP contribution >= 0.6 is 0 Å². The first kappa shape index (κ1) is 17.8. The second-order valence-corrected chi connectivity index (χ2v) is 5.25. The molecule has 25 heavy (non-hydrogen) atoms. The highest BCUT2D eigenvalue weighted by molar-refractivity contribution is 6.07. The Morgan fingerprint density at radius 3 is 2.12 bits per heavy atom. The highest BCUT2D eigenvalue weighted by Crippen LogP contribution is 2.29. The van der Waals surface area contributed by atoms with Crippen LogP contribution < -0.4 is 5.32 Å². The zero-order valence-corrected chi connectivity index (χ0v) is 12.9. The lowest BCUT2D eigenvalue weighted by molar-refractivity contribution is -0.137. The van der Waals surface area contributed by atoms with E-state index in [0.29, 0.717) is 5.56 Å². The minimum atomic E-state index is -1.24. The smallest absolute Gasteiger partial charge is 0.307 e. The van der Waals surface area contributed by atoms with Crippen LogP contribution in [0.1, 0.15) is 21.5 Å². The molecule has 1 amide bonds. The molecule has 0 aliphatic rings. The molecule has 0 unspecified atom stereocenters. The Hall–Kier alpha value is -3.55. The van der Waals surface area contributed by atoms with Gasteiger partial charge in [-0.15, -0.1) is 0 Å². The molecule has 2 aromatic carbocycles. The number of carboxylic acids is 2. The summed E-state index contributed by atoms with van der Waals surface area (Å²) < 4.78 is 0. The summed E-state index contributed by atoms with van der Waals surface area (Å²) in [5.74, 6) is -4.06. The Balaban J connectivity index is 2.35. The highest BCUT2D eigenvalue weighted by Gasteiger charge is 2.19. The van der Waals surface area contributed by atoms with E-state index in [0.717, 1.165) is 12.1 Å². The van der Waals surface area contributed by atoms with Crippen molar-refractivity contribution in [1.82, 2.24) is 0 Å². The lowest BCUT2D eigenvalue weighted by atomic mass is 10.0. The third-order valence-corrected chi connectivity index (χ3v) is 3.37. The number of amides is 1. The van der Waals surface area contributed by atoms with Crippen molar-refractivity contribution in [2.45, 2.75) is 12.8 Å². The van der Waals surface area contributed by atoms with Gasteiger partial charge in [0, 0.05) is 11.3 Å². The second-order valence-electron chi connectivity index (χ2n) is 5.25. The molecule has 2 aromatic rings. The Bertz CT molecular complexity index is 845. The first-order valence-corrected chi connectivity index (χ1v) is 7.15. The number of rotatable bonds is 6. The molecular weight excluding hydrogens is 330 g/mol. The standard InChI is InChI=1S/C17H15NO7/c19-11-5-10(7-15(22)23)16(24)12(8-11)17(25)18-13-4-2-1-3-9(13)6-14(20)21/h1-5,8,19,24H,6-7H2,(H,18,25)(H,20,21)(H,22,23). The Labute approximate surface area is 142 Å². The van der Waals surface area contributed by atoms with Gasteiger partial charge in [0.1, 0.15) is 11.5 Å². The normalized spacial score (nSPS) is 10.2. The van der Waals surface area contributed by atoms with E-state index in [4.69, 9.17) is 10.2 Å². The van der Waals surface area contributed by atoms with Crippen LogP contribution in [0.15, 0.2) is 36.4 Å². The number of benzene rings is 2. The third kappa shape index (κ3) is 4.47. The maximum Gasteiger partial charge on any atom is 0.307 e. The lowest BCUT2D eigenvalue weighted by Crippen LogP contribution is -2.15. The Morgan fingerprint density at radius 1 is 0.880 bits per heavy atom. The molecule has 5 N–H and O–H groups in total. The number of carboxylic acid groups (broad SMARTS) is 2. The summed E-state index contributed by atoms with van der Waals surface area (Å²) in [5, 5.41) is 39.9. The number of aromatic hydroxyl groups is 2. The van der Waals surface area contributed by atoms with E-state index >= 15 is 0 Å². The largest absolute Gasteiger partial charge is 0.508 e. The zero-order chi connectivity index (χ0) is 18.6. The van der Waals surface area contributed by atoms with Gasteiger partial charge in [-0.25, -0.2) is 0 Å². The number of hydrogen-bond donors (Lipinski definition) is 5. The van der Waals surface area contributed by atoms with E-state index < -0.39 is 30.0 Å². The number of carbonyl (C=O) groups is 3. The molecule has 0 saturated carbocycles. The molecule has 0 spiro atoms. The van der Waals surface area contributed by atoms with E-state index in [-0.39, 0.29) is 29.0 Å². The zero-order valence-electron chi connectivity index (χ0n) is 12.9. The van der Waals surface area contributed by atoms with Crippen molar-refractivity contribution in [2.75, 3.05) is 5.32 Å². The van der Waals surface area contributed by atoms with E-state index in [9.17, 15) is 24.6 Å². The summed E-state index contributed by atoms with van der Waals surface area (Å²) in [4.78, 5) is 34.1. The van der Waals surface area contributed by atoms with Crippen molar-refractivity contribution in [3.8, 4) is 11.5 Å². The molecule has 2 rings (SSSR count). The van der Waals surface area contributed by atoms with Crippen LogP contribution in [-0.4, -0.2) is 38.3 Å². The number of para-hydroxylation sites is 1. The van der Waals surface area contributed by atoms with Gasteiger partial charge in [-0.1, -0.05) is 18.2 Å². The lowest BCUT2D eigenvalue weighted by Gasteiger charge is -2.12. The fourth-order valence-corrected chi connectivity index (χ4v) is 2.30. The maximum absolute atomic E-state index is 12.4. The topological polar surface area (TPSA) is 144 Å². The molecule has 0 aliphatic heterocycles. The van der Waals surface area contributed by atoms with Crippen LogP contribution in [0, 0.1) is 0 Å². The van der Waals surface area contributed by atoms with Crippen LogP contribution in [0.25, 0.3) is 0 Å². The average molecular weight is 345 g/mol. The molecule has 8 heteroatoms. The summed E-state index contributed by atoms with van der Waals surface area (Å²) in [5.41, 5.74) is 0.157. The molecule has 0 fully saturated rings. The number of carbonyl (C=O) groups excluding carboxylic acids is 1. The van der Waals surface area contributed by atoms with E-state index in [1.54, 1.807) is 12.1 Å². The van der Waals surface area contributed by atoms with Gasteiger partial charge in [-0.2, -0.15) is 0 Å². The Morgan fingerprint density at radius 2 is 1.48 bits per heavy atom. The molecule has 0 saturated heterocycles. The number of phenolic OH excluding ortho intramolecular Hbond substituents is 2. The average Bonchev–Trinajstić information content (AvgIpc) is 2.51. The minimum absolute atomic E-state index is 0.114. The van der Waals surface area contributed by atoms with Gasteiger partial charge in [0.15, 0.2) is 0 Å². The van der Waals surface area contributed by atoms with Crippen molar-refractivity contribution in [1.29, 1.82) is 0 Å². The summed E-state index contributed by atoms with van der Waals surface area (Å²) in [6, 6.07) is 8.29. The van der Waals surface area contributed by atoms with Crippen LogP contribution in [0.3, 0.4) is 0 Å². The molecule has 0 aromatic heterocycles. The van der Waals surface area contributed by atoms with Crippen molar-refractivity contribution in [3.05, 3.63) is 53.1 Å². The predicted molar refractivity (Wildman–Crippen MR) is 86.8 cm³/mol. The Kier molecular flexibility index (Phi) is 5.23. The van der Waals surface area contributed by atoms with Gasteiger partial charge in [0.2, 0.25) is 0 Å². The molecule has 0 bridgehead atoms. The van der Waals surface area contributed by atoms with Gasteiger partial charge in [0.25, 0.3) is 5.91 Å². The number of phenols is 2. The number of aliphatic carboxylic acids is 2. The first-order valence-electron chi connectivity index (χ1n) is 7.15. The SMILES string of the molecule is O=C(O)Cc1ccccc1NC(=O)c1cc(O)cc(CC(=O)O)c1O. The van der Waals surface area contributed by atoms with Crippen LogP contribution in [0.4, 0.5) is 5.69 Å². The van der Waals surface area contributed by atoms with Crippen molar-refractivity contribution in [3.63, 3.8) is 0 Å². The highest BCUT2D eigenvalue weighted by atomic mass is 16.4. The second kappa shape index (κ2) is 7.35. The van der Waals surface area contributed by atoms with Crippen molar-refractivity contribution in [2.24, 2.45) is 0 Å². The summed E-state index contributed by atoms with van der Waals surface area (Å²) in [6.45, 7) is 0. The van der Waals surface area contributed by atoms with Gasteiger partial charge in [-0.3, -0.25) is 14.4 Å². The molecular formula is C17H15NO7. The van der Waals surface area contributed by atoms with Gasteiger partial charge < -0.3 is 25.7 Å².